The molecule has 0 bridgehead atoms. The summed E-state index contributed by atoms with van der Waals surface area (Å²) >= 11 is 0. The Labute approximate surface area is 87.9 Å². The van der Waals surface area contributed by atoms with Crippen molar-refractivity contribution < 1.29 is 0 Å². The van der Waals surface area contributed by atoms with E-state index in [1.165, 1.54) is 0 Å². The monoisotopic (exact) mass is 203 g/mol. The van der Waals surface area contributed by atoms with E-state index in [1.54, 1.807) is 18.5 Å². The van der Waals surface area contributed by atoms with Crippen LogP contribution < -0.4 is 11.1 Å². The van der Waals surface area contributed by atoms with Crippen LogP contribution in [0.1, 0.15) is 6.92 Å². The molecule has 0 unspecified atom stereocenters. The van der Waals surface area contributed by atoms with Gasteiger partial charge in [-0.2, -0.15) is 5.10 Å². The minimum atomic E-state index is 0.657. The van der Waals surface area contributed by atoms with Crippen LogP contribution in [-0.2, 0) is 6.54 Å². The van der Waals surface area contributed by atoms with Gasteiger partial charge in [-0.05, 0) is 19.1 Å². The molecular formula is C10H13N5. The smallest absolute Gasteiger partial charge is 0.130 e. The number of aromatic nitrogens is 3. The molecule has 0 radical (unpaired) electrons. The molecule has 5 heteroatoms. The number of nitrogen functional groups attached to an aromatic ring is 1. The Balaban J connectivity index is 2.11. The Hall–Kier alpha value is -2.04. The van der Waals surface area contributed by atoms with E-state index in [9.17, 15) is 0 Å². The summed E-state index contributed by atoms with van der Waals surface area (Å²) in [5, 5.41) is 7.29. The number of aryl methyl sites for hydroxylation is 1. The first-order valence-corrected chi connectivity index (χ1v) is 4.79. The Morgan fingerprint density at radius 2 is 2.27 bits per heavy atom. The van der Waals surface area contributed by atoms with Crippen molar-refractivity contribution in [3.63, 3.8) is 0 Å². The first kappa shape index (κ1) is 9.51. The lowest BCUT2D eigenvalue weighted by atomic mass is 10.4. The zero-order valence-corrected chi connectivity index (χ0v) is 8.51. The number of hydrogen-bond donors (Lipinski definition) is 2. The van der Waals surface area contributed by atoms with Crippen LogP contribution in [-0.4, -0.2) is 14.8 Å². The van der Waals surface area contributed by atoms with E-state index in [4.69, 9.17) is 5.73 Å². The van der Waals surface area contributed by atoms with Gasteiger partial charge >= 0.3 is 0 Å². The van der Waals surface area contributed by atoms with Gasteiger partial charge in [-0.15, -0.1) is 0 Å². The number of nitrogens with zero attached hydrogens (tertiary/aromatic N) is 3. The number of pyridine rings is 1. The third-order valence-electron chi connectivity index (χ3n) is 2.02. The molecule has 3 N–H and O–H groups in total. The van der Waals surface area contributed by atoms with Crippen molar-refractivity contribution in [1.29, 1.82) is 0 Å². The lowest BCUT2D eigenvalue weighted by Gasteiger charge is -2.01. The molecule has 0 aliphatic rings. The van der Waals surface area contributed by atoms with E-state index >= 15 is 0 Å². The molecule has 0 atom stereocenters. The van der Waals surface area contributed by atoms with Gasteiger partial charge < -0.3 is 11.1 Å². The van der Waals surface area contributed by atoms with Gasteiger partial charge in [0.1, 0.15) is 5.82 Å². The second-order valence-corrected chi connectivity index (χ2v) is 3.19. The molecule has 0 aromatic carbocycles. The minimum absolute atomic E-state index is 0.657. The van der Waals surface area contributed by atoms with Gasteiger partial charge in [-0.3, -0.25) is 4.68 Å². The summed E-state index contributed by atoms with van der Waals surface area (Å²) in [6, 6.07) is 3.64. The molecule has 2 aromatic rings. The summed E-state index contributed by atoms with van der Waals surface area (Å²) in [7, 11) is 0. The predicted molar refractivity (Wildman–Crippen MR) is 59.8 cm³/mol. The van der Waals surface area contributed by atoms with Crippen LogP contribution in [0, 0.1) is 0 Å². The number of rotatable bonds is 3. The van der Waals surface area contributed by atoms with Gasteiger partial charge in [-0.1, -0.05) is 0 Å². The summed E-state index contributed by atoms with van der Waals surface area (Å²) in [4.78, 5) is 4.14. The van der Waals surface area contributed by atoms with Crippen molar-refractivity contribution in [2.24, 2.45) is 0 Å². The van der Waals surface area contributed by atoms with Crippen LogP contribution in [0.4, 0.5) is 17.2 Å². The molecule has 0 spiro atoms. The van der Waals surface area contributed by atoms with E-state index in [2.05, 4.69) is 15.4 Å². The van der Waals surface area contributed by atoms with E-state index in [1.807, 2.05) is 23.9 Å². The van der Waals surface area contributed by atoms with Crippen molar-refractivity contribution in [3.8, 4) is 0 Å². The van der Waals surface area contributed by atoms with Gasteiger partial charge in [0.15, 0.2) is 0 Å². The Morgan fingerprint density at radius 1 is 1.40 bits per heavy atom. The second kappa shape index (κ2) is 4.00. The molecule has 0 aliphatic carbocycles. The van der Waals surface area contributed by atoms with Crippen LogP contribution in [0.3, 0.4) is 0 Å². The average molecular weight is 203 g/mol. The summed E-state index contributed by atoms with van der Waals surface area (Å²) in [5.74, 6) is 0.764. The maximum absolute atomic E-state index is 5.54. The van der Waals surface area contributed by atoms with Gasteiger partial charge in [-0.25, -0.2) is 4.98 Å². The normalized spacial score (nSPS) is 10.2. The third kappa shape index (κ3) is 2.25. The topological polar surface area (TPSA) is 68.8 Å². The SMILES string of the molecule is CCn1cc(Nc2ccc(N)cn2)cn1. The van der Waals surface area contributed by atoms with Crippen LogP contribution in [0.25, 0.3) is 0 Å². The molecule has 0 amide bonds. The highest BCUT2D eigenvalue weighted by molar-refractivity contribution is 5.55. The molecule has 2 heterocycles. The standard InChI is InChI=1S/C10H13N5/c1-2-15-7-9(6-13-15)14-10-4-3-8(11)5-12-10/h3-7H,2,11H2,1H3,(H,12,14). The number of anilines is 3. The van der Waals surface area contributed by atoms with Crippen LogP contribution in [0.2, 0.25) is 0 Å². The molecule has 5 nitrogen and oxygen atoms in total. The van der Waals surface area contributed by atoms with Crippen molar-refractivity contribution >= 4 is 17.2 Å². The van der Waals surface area contributed by atoms with Gasteiger partial charge in [0.2, 0.25) is 0 Å². The quantitative estimate of drug-likeness (QED) is 0.795. The fourth-order valence-corrected chi connectivity index (χ4v) is 1.23. The van der Waals surface area contributed by atoms with Crippen LogP contribution >= 0.6 is 0 Å². The highest BCUT2D eigenvalue weighted by Crippen LogP contribution is 2.13. The number of nitrogens with one attached hydrogen (secondary N) is 1. The van der Waals surface area contributed by atoms with Crippen molar-refractivity contribution in [3.05, 3.63) is 30.7 Å². The predicted octanol–water partition coefficient (Wildman–Crippen LogP) is 1.62. The van der Waals surface area contributed by atoms with E-state index in [0.29, 0.717) is 5.69 Å². The zero-order valence-electron chi connectivity index (χ0n) is 8.51. The molecule has 2 aromatic heterocycles. The van der Waals surface area contributed by atoms with Gasteiger partial charge in [0, 0.05) is 12.7 Å². The molecule has 0 fully saturated rings. The number of hydrogen-bond acceptors (Lipinski definition) is 4. The van der Waals surface area contributed by atoms with E-state index < -0.39 is 0 Å². The fraction of sp³-hybridized carbons (Fsp3) is 0.200. The van der Waals surface area contributed by atoms with Crippen LogP contribution in [0.15, 0.2) is 30.7 Å². The average Bonchev–Trinajstić information content (AvgIpc) is 2.69. The van der Waals surface area contributed by atoms with Crippen LogP contribution in [0.5, 0.6) is 0 Å². The number of nitrogens with two attached hydrogens (primary N) is 1. The Kier molecular flexibility index (Phi) is 2.53. The van der Waals surface area contributed by atoms with Gasteiger partial charge in [0.25, 0.3) is 0 Å². The molecule has 0 saturated carbocycles. The van der Waals surface area contributed by atoms with E-state index in [-0.39, 0.29) is 0 Å². The minimum Gasteiger partial charge on any atom is -0.397 e. The molecule has 0 aliphatic heterocycles. The zero-order chi connectivity index (χ0) is 10.7. The lowest BCUT2D eigenvalue weighted by Crippen LogP contribution is -1.94. The molecular weight excluding hydrogens is 190 g/mol. The maximum atomic E-state index is 5.54. The van der Waals surface area contributed by atoms with Gasteiger partial charge in [0.05, 0.1) is 23.8 Å². The van der Waals surface area contributed by atoms with Crippen molar-refractivity contribution in [1.82, 2.24) is 14.8 Å². The van der Waals surface area contributed by atoms with Crippen molar-refractivity contribution in [2.45, 2.75) is 13.5 Å². The largest absolute Gasteiger partial charge is 0.397 e. The molecule has 78 valence electrons. The Bertz CT molecular complexity index is 431. The summed E-state index contributed by atoms with van der Waals surface area (Å²) < 4.78 is 1.85. The maximum Gasteiger partial charge on any atom is 0.130 e. The fourth-order valence-electron chi connectivity index (χ4n) is 1.23. The summed E-state index contributed by atoms with van der Waals surface area (Å²) in [6.45, 7) is 2.90. The highest BCUT2D eigenvalue weighted by Gasteiger charge is 1.98. The van der Waals surface area contributed by atoms with E-state index in [0.717, 1.165) is 18.1 Å². The molecule has 0 saturated heterocycles. The molecule has 2 rings (SSSR count). The third-order valence-corrected chi connectivity index (χ3v) is 2.02. The molecule has 15 heavy (non-hydrogen) atoms. The highest BCUT2D eigenvalue weighted by atomic mass is 15.3. The summed E-state index contributed by atoms with van der Waals surface area (Å²) in [6.07, 6.45) is 5.31. The second-order valence-electron chi connectivity index (χ2n) is 3.19. The first-order valence-electron chi connectivity index (χ1n) is 4.79. The van der Waals surface area contributed by atoms with Crippen molar-refractivity contribution in [2.75, 3.05) is 11.1 Å². The summed E-state index contributed by atoms with van der Waals surface area (Å²) in [5.41, 5.74) is 7.12. The first-order chi connectivity index (χ1) is 7.28. The Morgan fingerprint density at radius 3 is 2.87 bits per heavy atom. The lowest BCUT2D eigenvalue weighted by molar-refractivity contribution is 0.660.